The normalized spacial score (nSPS) is 10.3. The number of halogens is 1. The molecule has 0 unspecified atom stereocenters. The van der Waals surface area contributed by atoms with Gasteiger partial charge in [-0.25, -0.2) is 4.79 Å². The van der Waals surface area contributed by atoms with Crippen molar-refractivity contribution in [3.05, 3.63) is 71.0 Å². The fourth-order valence-electron chi connectivity index (χ4n) is 2.21. The summed E-state index contributed by atoms with van der Waals surface area (Å²) in [5, 5.41) is 14.0. The minimum atomic E-state index is -0.649. The Bertz CT molecular complexity index is 914. The van der Waals surface area contributed by atoms with Gasteiger partial charge in [-0.1, -0.05) is 41.9 Å². The Hall–Kier alpha value is -3.26. The van der Waals surface area contributed by atoms with Gasteiger partial charge in [-0.3, -0.25) is 4.79 Å². The van der Waals surface area contributed by atoms with Crippen LogP contribution in [0.1, 0.15) is 15.9 Å². The van der Waals surface area contributed by atoms with Crippen LogP contribution in [0.4, 0.5) is 0 Å². The number of carbonyl (C=O) groups is 2. The van der Waals surface area contributed by atoms with Gasteiger partial charge >= 0.3 is 5.97 Å². The lowest BCUT2D eigenvalue weighted by molar-refractivity contribution is -0.124. The van der Waals surface area contributed by atoms with Crippen molar-refractivity contribution in [3.8, 4) is 5.69 Å². The maximum Gasteiger partial charge on any atom is 0.340 e. The summed E-state index contributed by atoms with van der Waals surface area (Å²) in [5.41, 5.74) is 1.48. The second-order valence-electron chi connectivity index (χ2n) is 5.22. The number of aromatic nitrogens is 4. The molecule has 0 saturated carbocycles. The van der Waals surface area contributed by atoms with E-state index in [1.54, 1.807) is 42.5 Å². The van der Waals surface area contributed by atoms with Gasteiger partial charge in [0.2, 0.25) is 0 Å². The van der Waals surface area contributed by atoms with Gasteiger partial charge in [-0.15, -0.1) is 5.10 Å². The van der Waals surface area contributed by atoms with E-state index < -0.39 is 18.5 Å². The van der Waals surface area contributed by atoms with Crippen LogP contribution in [0.25, 0.3) is 5.69 Å². The Balaban J connectivity index is 1.58. The molecule has 1 N–H and O–H groups in total. The molecule has 3 aromatic rings. The highest BCUT2D eigenvalue weighted by atomic mass is 35.5. The maximum absolute atomic E-state index is 12.3. The molecule has 0 spiro atoms. The highest BCUT2D eigenvalue weighted by molar-refractivity contribution is 6.31. The van der Waals surface area contributed by atoms with Gasteiger partial charge in [0.15, 0.2) is 6.61 Å². The van der Waals surface area contributed by atoms with Crippen LogP contribution in [0.5, 0.6) is 0 Å². The number of amides is 1. The highest BCUT2D eigenvalue weighted by Gasteiger charge is 2.16. The second kappa shape index (κ2) is 8.21. The first-order chi connectivity index (χ1) is 12.6. The van der Waals surface area contributed by atoms with Crippen molar-refractivity contribution >= 4 is 23.5 Å². The molecule has 0 aliphatic carbocycles. The molecule has 1 amide bonds. The number of nitrogens with one attached hydrogen (secondary N) is 1. The van der Waals surface area contributed by atoms with Crippen molar-refractivity contribution in [2.75, 3.05) is 6.61 Å². The number of carbonyl (C=O) groups excluding carboxylic acids is 2. The zero-order chi connectivity index (χ0) is 18.4. The highest BCUT2D eigenvalue weighted by Crippen LogP contribution is 2.15. The van der Waals surface area contributed by atoms with Crippen LogP contribution in [0.15, 0.2) is 54.9 Å². The Morgan fingerprint density at radius 3 is 2.65 bits per heavy atom. The molecule has 0 saturated heterocycles. The van der Waals surface area contributed by atoms with E-state index in [0.717, 1.165) is 5.56 Å². The molecule has 26 heavy (non-hydrogen) atoms. The first-order valence-electron chi connectivity index (χ1n) is 7.65. The zero-order valence-corrected chi connectivity index (χ0v) is 14.3. The molecule has 132 valence electrons. The summed E-state index contributed by atoms with van der Waals surface area (Å²) in [5.74, 6) is -1.08. The number of ether oxygens (including phenoxy) is 1. The second-order valence-corrected chi connectivity index (χ2v) is 5.62. The van der Waals surface area contributed by atoms with Crippen LogP contribution in [0, 0.1) is 0 Å². The molecule has 0 radical (unpaired) electrons. The topological polar surface area (TPSA) is 99.0 Å². The molecule has 0 aliphatic rings. The Kier molecular flexibility index (Phi) is 5.55. The van der Waals surface area contributed by atoms with E-state index in [-0.39, 0.29) is 12.1 Å². The van der Waals surface area contributed by atoms with E-state index in [9.17, 15) is 9.59 Å². The number of rotatable bonds is 6. The maximum atomic E-state index is 12.3. The number of tetrazole rings is 1. The summed E-state index contributed by atoms with van der Waals surface area (Å²) in [4.78, 5) is 24.2. The van der Waals surface area contributed by atoms with E-state index >= 15 is 0 Å². The Morgan fingerprint density at radius 2 is 1.88 bits per heavy atom. The van der Waals surface area contributed by atoms with Crippen molar-refractivity contribution in [1.29, 1.82) is 0 Å². The number of para-hydroxylation sites is 1. The predicted molar refractivity (Wildman–Crippen MR) is 92.7 cm³/mol. The average molecular weight is 372 g/mol. The fourth-order valence-corrected chi connectivity index (χ4v) is 2.42. The molecular formula is C17H14ClN5O3. The van der Waals surface area contributed by atoms with Crippen LogP contribution in [0.2, 0.25) is 5.02 Å². The van der Waals surface area contributed by atoms with Crippen LogP contribution < -0.4 is 5.32 Å². The van der Waals surface area contributed by atoms with E-state index in [0.29, 0.717) is 10.7 Å². The van der Waals surface area contributed by atoms with Crippen molar-refractivity contribution < 1.29 is 14.3 Å². The predicted octanol–water partition coefficient (Wildman–Crippen LogP) is 1.79. The number of hydrogen-bond acceptors (Lipinski definition) is 6. The molecule has 0 aliphatic heterocycles. The summed E-state index contributed by atoms with van der Waals surface area (Å²) in [6.07, 6.45) is 1.36. The Labute approximate surface area is 153 Å². The lowest BCUT2D eigenvalue weighted by Crippen LogP contribution is -2.28. The largest absolute Gasteiger partial charge is 0.452 e. The van der Waals surface area contributed by atoms with Gasteiger partial charge in [-0.2, -0.15) is 4.68 Å². The van der Waals surface area contributed by atoms with Crippen LogP contribution >= 0.6 is 11.6 Å². The summed E-state index contributed by atoms with van der Waals surface area (Å²) < 4.78 is 6.42. The molecule has 1 heterocycles. The van der Waals surface area contributed by atoms with Crippen molar-refractivity contribution in [3.63, 3.8) is 0 Å². The van der Waals surface area contributed by atoms with Crippen LogP contribution in [-0.2, 0) is 16.1 Å². The van der Waals surface area contributed by atoms with Gasteiger partial charge < -0.3 is 10.1 Å². The van der Waals surface area contributed by atoms with E-state index in [1.807, 2.05) is 6.07 Å². The molecule has 3 rings (SSSR count). The van der Waals surface area contributed by atoms with Gasteiger partial charge in [0.25, 0.3) is 5.91 Å². The van der Waals surface area contributed by atoms with E-state index in [4.69, 9.17) is 16.3 Å². The SMILES string of the molecule is O=C(COC(=O)c1ccccc1-n1cnnn1)NCc1ccccc1Cl. The molecule has 9 heteroatoms. The minimum Gasteiger partial charge on any atom is -0.452 e. The van der Waals surface area contributed by atoms with E-state index in [1.165, 1.54) is 11.0 Å². The molecular weight excluding hydrogens is 358 g/mol. The standard InChI is InChI=1S/C17H14ClN5O3/c18-14-7-3-1-5-12(14)9-19-16(24)10-26-17(25)13-6-2-4-8-15(13)23-11-20-21-22-23/h1-8,11H,9-10H2,(H,19,24). The van der Waals surface area contributed by atoms with Crippen molar-refractivity contribution in [1.82, 2.24) is 25.5 Å². The fraction of sp³-hybridized carbons (Fsp3) is 0.118. The van der Waals surface area contributed by atoms with Gasteiger partial charge in [0.05, 0.1) is 11.3 Å². The molecule has 0 fully saturated rings. The lowest BCUT2D eigenvalue weighted by Gasteiger charge is -2.09. The monoisotopic (exact) mass is 371 g/mol. The first-order valence-corrected chi connectivity index (χ1v) is 8.02. The molecule has 1 aromatic heterocycles. The van der Waals surface area contributed by atoms with E-state index in [2.05, 4.69) is 20.8 Å². The summed E-state index contributed by atoms with van der Waals surface area (Å²) in [6, 6.07) is 13.8. The lowest BCUT2D eigenvalue weighted by atomic mass is 10.2. The summed E-state index contributed by atoms with van der Waals surface area (Å²) >= 11 is 6.03. The molecule has 8 nitrogen and oxygen atoms in total. The van der Waals surface area contributed by atoms with Gasteiger partial charge in [0, 0.05) is 11.6 Å². The van der Waals surface area contributed by atoms with Gasteiger partial charge in [0.1, 0.15) is 6.33 Å². The van der Waals surface area contributed by atoms with Crippen LogP contribution in [-0.4, -0.2) is 38.7 Å². The third-order valence-corrected chi connectivity index (χ3v) is 3.86. The quantitative estimate of drug-likeness (QED) is 0.663. The Morgan fingerprint density at radius 1 is 1.12 bits per heavy atom. The minimum absolute atomic E-state index is 0.247. The number of benzene rings is 2. The van der Waals surface area contributed by atoms with Crippen molar-refractivity contribution in [2.45, 2.75) is 6.54 Å². The molecule has 2 aromatic carbocycles. The number of nitrogens with zero attached hydrogens (tertiary/aromatic N) is 4. The third-order valence-electron chi connectivity index (χ3n) is 3.49. The molecule has 0 atom stereocenters. The van der Waals surface area contributed by atoms with Crippen LogP contribution in [0.3, 0.4) is 0 Å². The number of esters is 1. The third kappa shape index (κ3) is 4.22. The first kappa shape index (κ1) is 17.6. The number of hydrogen-bond donors (Lipinski definition) is 1. The summed E-state index contributed by atoms with van der Waals surface area (Å²) in [6.45, 7) is -0.162. The summed E-state index contributed by atoms with van der Waals surface area (Å²) in [7, 11) is 0. The smallest absolute Gasteiger partial charge is 0.340 e. The molecule has 0 bridgehead atoms. The van der Waals surface area contributed by atoms with Crippen molar-refractivity contribution in [2.24, 2.45) is 0 Å². The van der Waals surface area contributed by atoms with Gasteiger partial charge in [-0.05, 0) is 34.2 Å². The average Bonchev–Trinajstić information content (AvgIpc) is 3.20. The zero-order valence-electron chi connectivity index (χ0n) is 13.5.